The van der Waals surface area contributed by atoms with Crippen molar-refractivity contribution < 1.29 is 9.47 Å². The number of ether oxygens (including phenoxy) is 2. The highest BCUT2D eigenvalue weighted by Crippen LogP contribution is 2.47. The quantitative estimate of drug-likeness (QED) is 0.321. The van der Waals surface area contributed by atoms with Crippen LogP contribution in [0.1, 0.15) is 45.4 Å². The number of benzene rings is 4. The summed E-state index contributed by atoms with van der Waals surface area (Å²) in [6.07, 6.45) is 7.88. The molecular weight excluding hydrogens is 404 g/mol. The molecule has 0 bridgehead atoms. The molecule has 0 saturated heterocycles. The van der Waals surface area contributed by atoms with Crippen LogP contribution in [0.3, 0.4) is 0 Å². The van der Waals surface area contributed by atoms with E-state index in [0.717, 1.165) is 23.0 Å². The predicted octanol–water partition coefficient (Wildman–Crippen LogP) is 8.41. The highest BCUT2D eigenvalue weighted by atomic mass is 16.5. The zero-order chi connectivity index (χ0) is 22.2. The van der Waals surface area contributed by atoms with Crippen molar-refractivity contribution in [2.75, 3.05) is 6.61 Å². The van der Waals surface area contributed by atoms with Crippen LogP contribution >= 0.6 is 0 Å². The van der Waals surface area contributed by atoms with Gasteiger partial charge in [-0.1, -0.05) is 93.3 Å². The van der Waals surface area contributed by atoms with Crippen molar-refractivity contribution in [3.05, 3.63) is 72.8 Å². The molecule has 0 spiro atoms. The lowest BCUT2D eigenvalue weighted by Gasteiger charge is -2.36. The third-order valence-corrected chi connectivity index (χ3v) is 7.83. The first-order chi connectivity index (χ1) is 16.3. The summed E-state index contributed by atoms with van der Waals surface area (Å²) in [7, 11) is 0. The average molecular weight is 437 g/mol. The Hall–Kier alpha value is -3.00. The summed E-state index contributed by atoms with van der Waals surface area (Å²) < 4.78 is 13.4. The fraction of sp³-hybridized carbons (Fsp3) is 0.355. The lowest BCUT2D eigenvalue weighted by atomic mass is 9.78. The summed E-state index contributed by atoms with van der Waals surface area (Å²) in [5, 5.41) is 4.90. The van der Waals surface area contributed by atoms with E-state index < -0.39 is 0 Å². The number of fused-ring (bicyclic) bond motifs is 7. The maximum Gasteiger partial charge on any atom is 0.135 e. The molecule has 2 nitrogen and oxygen atoms in total. The molecule has 2 aliphatic rings. The van der Waals surface area contributed by atoms with Gasteiger partial charge in [-0.05, 0) is 58.4 Å². The first-order valence-corrected chi connectivity index (χ1v) is 12.6. The Labute approximate surface area is 196 Å². The molecule has 1 heterocycles. The van der Waals surface area contributed by atoms with E-state index in [9.17, 15) is 0 Å². The van der Waals surface area contributed by atoms with Gasteiger partial charge in [-0.2, -0.15) is 0 Å². The van der Waals surface area contributed by atoms with Crippen LogP contribution in [0.2, 0.25) is 0 Å². The SMILES string of the molecule is CCCC1CCC(C2COc3ccc4ccccc4c3-c3c(ccc4ccccc34)O2)CC1. The number of rotatable bonds is 3. The Kier molecular flexibility index (Phi) is 5.46. The largest absolute Gasteiger partial charge is 0.489 e. The van der Waals surface area contributed by atoms with Crippen LogP contribution in [0.15, 0.2) is 72.8 Å². The van der Waals surface area contributed by atoms with E-state index in [1.165, 1.54) is 65.6 Å². The van der Waals surface area contributed by atoms with Crippen molar-refractivity contribution in [1.29, 1.82) is 0 Å². The third kappa shape index (κ3) is 3.76. The maximum atomic E-state index is 6.86. The van der Waals surface area contributed by atoms with Gasteiger partial charge in [-0.25, -0.2) is 0 Å². The van der Waals surface area contributed by atoms with Gasteiger partial charge in [0.1, 0.15) is 24.2 Å². The van der Waals surface area contributed by atoms with Gasteiger partial charge in [-0.3, -0.25) is 0 Å². The summed E-state index contributed by atoms with van der Waals surface area (Å²) in [5.74, 6) is 3.41. The Morgan fingerprint density at radius 1 is 0.697 bits per heavy atom. The van der Waals surface area contributed by atoms with Crippen LogP contribution in [0, 0.1) is 11.8 Å². The molecule has 0 aromatic heterocycles. The standard InChI is InChI=1S/C31H32O2/c1-2-7-21-12-14-24(15-13-21)29-20-32-27-18-16-22-8-3-5-10-25(22)30(27)31-26-11-6-4-9-23(26)17-19-28(31)33-29/h3-6,8-11,16-19,21,24,29H,2,7,12-15,20H2,1H3. The zero-order valence-corrected chi connectivity index (χ0v) is 19.4. The number of hydrogen-bond acceptors (Lipinski definition) is 2. The van der Waals surface area contributed by atoms with Gasteiger partial charge >= 0.3 is 0 Å². The van der Waals surface area contributed by atoms with Gasteiger partial charge in [-0.15, -0.1) is 0 Å². The van der Waals surface area contributed by atoms with Gasteiger partial charge in [0, 0.05) is 11.1 Å². The number of hydrogen-bond donors (Lipinski definition) is 0. The van der Waals surface area contributed by atoms with Crippen LogP contribution < -0.4 is 9.47 Å². The first kappa shape index (κ1) is 20.6. The molecule has 0 radical (unpaired) electrons. The second-order valence-electron chi connectivity index (χ2n) is 9.86. The van der Waals surface area contributed by atoms with Crippen molar-refractivity contribution in [2.45, 2.75) is 51.6 Å². The van der Waals surface area contributed by atoms with E-state index >= 15 is 0 Å². The van der Waals surface area contributed by atoms with Crippen molar-refractivity contribution in [3.63, 3.8) is 0 Å². The zero-order valence-electron chi connectivity index (χ0n) is 19.4. The molecule has 6 rings (SSSR count). The molecule has 168 valence electrons. The maximum absolute atomic E-state index is 6.86. The summed E-state index contributed by atoms with van der Waals surface area (Å²) in [6.45, 7) is 2.92. The summed E-state index contributed by atoms with van der Waals surface area (Å²) in [5.41, 5.74) is 2.33. The highest BCUT2D eigenvalue weighted by molar-refractivity contribution is 6.09. The molecule has 33 heavy (non-hydrogen) atoms. The molecule has 4 aromatic carbocycles. The first-order valence-electron chi connectivity index (χ1n) is 12.6. The van der Waals surface area contributed by atoms with Gasteiger partial charge in [0.25, 0.3) is 0 Å². The van der Waals surface area contributed by atoms with Gasteiger partial charge < -0.3 is 9.47 Å². The van der Waals surface area contributed by atoms with Crippen LogP contribution in [-0.4, -0.2) is 12.7 Å². The lowest BCUT2D eigenvalue weighted by molar-refractivity contribution is 0.0510. The highest BCUT2D eigenvalue weighted by Gasteiger charge is 2.32. The van der Waals surface area contributed by atoms with Gasteiger partial charge in [0.05, 0.1) is 0 Å². The third-order valence-electron chi connectivity index (χ3n) is 7.83. The summed E-state index contributed by atoms with van der Waals surface area (Å²) >= 11 is 0. The predicted molar refractivity (Wildman–Crippen MR) is 137 cm³/mol. The molecule has 1 saturated carbocycles. The minimum atomic E-state index is 0.0899. The Balaban J connectivity index is 1.47. The molecule has 0 N–H and O–H groups in total. The lowest BCUT2D eigenvalue weighted by Crippen LogP contribution is -2.36. The topological polar surface area (TPSA) is 18.5 Å². The van der Waals surface area contributed by atoms with Crippen molar-refractivity contribution in [2.24, 2.45) is 11.8 Å². The van der Waals surface area contributed by atoms with Crippen LogP contribution in [-0.2, 0) is 0 Å². The van der Waals surface area contributed by atoms with Crippen LogP contribution in [0.25, 0.3) is 32.7 Å². The average Bonchev–Trinajstić information content (AvgIpc) is 2.85. The van der Waals surface area contributed by atoms with Crippen molar-refractivity contribution in [1.82, 2.24) is 0 Å². The molecule has 4 aromatic rings. The molecule has 0 amide bonds. The molecule has 1 atom stereocenters. The second kappa shape index (κ2) is 8.74. The fourth-order valence-corrected chi connectivity index (χ4v) is 6.10. The Morgan fingerprint density at radius 2 is 1.30 bits per heavy atom. The van der Waals surface area contributed by atoms with Crippen LogP contribution in [0.5, 0.6) is 11.5 Å². The molecular formula is C31H32O2. The Bertz CT molecular complexity index is 1280. The Morgan fingerprint density at radius 3 is 1.97 bits per heavy atom. The van der Waals surface area contributed by atoms with E-state index in [2.05, 4.69) is 79.7 Å². The molecule has 1 unspecified atom stereocenters. The summed E-state index contributed by atoms with van der Waals surface area (Å²) in [4.78, 5) is 0. The minimum absolute atomic E-state index is 0.0899. The van der Waals surface area contributed by atoms with E-state index in [-0.39, 0.29) is 6.10 Å². The second-order valence-corrected chi connectivity index (χ2v) is 9.86. The monoisotopic (exact) mass is 436 g/mol. The molecule has 1 aliphatic heterocycles. The fourth-order valence-electron chi connectivity index (χ4n) is 6.10. The van der Waals surface area contributed by atoms with Gasteiger partial charge in [0.2, 0.25) is 0 Å². The normalized spacial score (nSPS) is 22.5. The molecule has 1 fully saturated rings. The van der Waals surface area contributed by atoms with Gasteiger partial charge in [0.15, 0.2) is 0 Å². The van der Waals surface area contributed by atoms with Crippen molar-refractivity contribution >= 4 is 21.5 Å². The molecule has 1 aliphatic carbocycles. The van der Waals surface area contributed by atoms with E-state index in [1.807, 2.05) is 0 Å². The minimum Gasteiger partial charge on any atom is -0.489 e. The van der Waals surface area contributed by atoms with E-state index in [1.54, 1.807) is 0 Å². The van der Waals surface area contributed by atoms with Crippen molar-refractivity contribution in [3.8, 4) is 22.6 Å². The van der Waals surface area contributed by atoms with E-state index in [0.29, 0.717) is 12.5 Å². The smallest absolute Gasteiger partial charge is 0.135 e. The molecule has 2 heteroatoms. The summed E-state index contributed by atoms with van der Waals surface area (Å²) in [6, 6.07) is 26.0. The van der Waals surface area contributed by atoms with E-state index in [4.69, 9.17) is 9.47 Å². The van der Waals surface area contributed by atoms with Crippen LogP contribution in [0.4, 0.5) is 0 Å².